The first-order chi connectivity index (χ1) is 10.7. The maximum atomic E-state index is 9.56. The molecule has 0 spiro atoms. The maximum Gasteiger partial charge on any atom is 0.0654 e. The molecular weight excluding hydrogens is 272 g/mol. The van der Waals surface area contributed by atoms with Crippen LogP contribution in [0, 0.1) is 0 Å². The SMILES string of the molecule is CCCn1cc2c3c(cccc31)[C@H]1C=C(CO)CN(C)[C@@H]1C2. The van der Waals surface area contributed by atoms with Crippen molar-refractivity contribution in [1.82, 2.24) is 9.47 Å². The molecular formula is C19H24N2O. The number of likely N-dealkylation sites (N-methyl/N-ethyl adjacent to an activating group) is 1. The molecule has 0 fully saturated rings. The maximum absolute atomic E-state index is 9.56. The van der Waals surface area contributed by atoms with Crippen molar-refractivity contribution >= 4 is 10.9 Å². The quantitative estimate of drug-likeness (QED) is 0.882. The highest BCUT2D eigenvalue weighted by Crippen LogP contribution is 2.42. The summed E-state index contributed by atoms with van der Waals surface area (Å²) in [5, 5.41) is 11.0. The van der Waals surface area contributed by atoms with Crippen LogP contribution in [0.5, 0.6) is 0 Å². The topological polar surface area (TPSA) is 28.4 Å². The van der Waals surface area contributed by atoms with Gasteiger partial charge in [0.2, 0.25) is 0 Å². The van der Waals surface area contributed by atoms with Gasteiger partial charge in [0.1, 0.15) is 0 Å². The fraction of sp³-hybridized carbons (Fsp3) is 0.474. The van der Waals surface area contributed by atoms with Gasteiger partial charge in [0.05, 0.1) is 6.61 Å². The molecule has 2 atom stereocenters. The van der Waals surface area contributed by atoms with E-state index in [0.717, 1.165) is 31.5 Å². The lowest BCUT2D eigenvalue weighted by Crippen LogP contribution is -2.44. The summed E-state index contributed by atoms with van der Waals surface area (Å²) in [4.78, 5) is 2.41. The molecule has 3 nitrogen and oxygen atoms in total. The van der Waals surface area contributed by atoms with E-state index in [1.54, 1.807) is 0 Å². The van der Waals surface area contributed by atoms with E-state index in [-0.39, 0.29) is 6.61 Å². The van der Waals surface area contributed by atoms with E-state index in [9.17, 15) is 5.11 Å². The molecule has 2 aromatic rings. The first kappa shape index (κ1) is 14.0. The molecule has 0 amide bonds. The number of benzene rings is 1. The summed E-state index contributed by atoms with van der Waals surface area (Å²) in [5.41, 5.74) is 5.46. The molecule has 22 heavy (non-hydrogen) atoms. The van der Waals surface area contributed by atoms with E-state index >= 15 is 0 Å². The van der Waals surface area contributed by atoms with Crippen LogP contribution in [0.1, 0.15) is 30.4 Å². The van der Waals surface area contributed by atoms with E-state index in [1.165, 1.54) is 22.0 Å². The smallest absolute Gasteiger partial charge is 0.0654 e. The van der Waals surface area contributed by atoms with Crippen LogP contribution >= 0.6 is 0 Å². The Kier molecular flexibility index (Phi) is 3.35. The van der Waals surface area contributed by atoms with E-state index in [2.05, 4.69) is 53.9 Å². The molecule has 0 radical (unpaired) electrons. The fourth-order valence-corrected chi connectivity index (χ4v) is 4.36. The number of hydrogen-bond acceptors (Lipinski definition) is 2. The van der Waals surface area contributed by atoms with Crippen LogP contribution in [0.15, 0.2) is 36.0 Å². The highest BCUT2D eigenvalue weighted by molar-refractivity contribution is 5.89. The number of aryl methyl sites for hydroxylation is 1. The molecule has 3 heteroatoms. The lowest BCUT2D eigenvalue weighted by molar-refractivity contribution is 0.208. The predicted molar refractivity (Wildman–Crippen MR) is 90.3 cm³/mol. The Hall–Kier alpha value is -1.58. The molecule has 4 rings (SSSR count). The van der Waals surface area contributed by atoms with Gasteiger partial charge >= 0.3 is 0 Å². The van der Waals surface area contributed by atoms with Gasteiger partial charge in [-0.1, -0.05) is 25.1 Å². The number of aliphatic hydroxyl groups excluding tert-OH is 1. The highest BCUT2D eigenvalue weighted by Gasteiger charge is 2.35. The van der Waals surface area contributed by atoms with Crippen LogP contribution in [-0.4, -0.2) is 40.8 Å². The molecule has 1 aromatic heterocycles. The minimum Gasteiger partial charge on any atom is -0.392 e. The number of hydrogen-bond donors (Lipinski definition) is 1. The summed E-state index contributed by atoms with van der Waals surface area (Å²) in [5.74, 6) is 0.412. The summed E-state index contributed by atoms with van der Waals surface area (Å²) >= 11 is 0. The standard InChI is InChI=1S/C19H24N2O/c1-3-7-21-11-14-9-18-16(8-13(12-22)10-20(18)2)15-5-4-6-17(21)19(14)15/h4-6,8,11,16,18,22H,3,7,9-10,12H2,1-2H3/t16-,18-/m1/s1. The van der Waals surface area contributed by atoms with Crippen molar-refractivity contribution in [3.8, 4) is 0 Å². The molecule has 116 valence electrons. The van der Waals surface area contributed by atoms with Crippen molar-refractivity contribution in [2.75, 3.05) is 20.2 Å². The van der Waals surface area contributed by atoms with Gasteiger partial charge in [-0.2, -0.15) is 0 Å². The Balaban J connectivity index is 1.91. The molecule has 0 saturated carbocycles. The monoisotopic (exact) mass is 296 g/mol. The summed E-state index contributed by atoms with van der Waals surface area (Å²) < 4.78 is 2.42. The third-order valence-corrected chi connectivity index (χ3v) is 5.32. The van der Waals surface area contributed by atoms with Gasteiger partial charge in [-0.25, -0.2) is 0 Å². The van der Waals surface area contributed by atoms with Crippen molar-refractivity contribution in [3.05, 3.63) is 47.2 Å². The first-order valence-electron chi connectivity index (χ1n) is 8.34. The number of nitrogens with zero attached hydrogens (tertiary/aromatic N) is 2. The van der Waals surface area contributed by atoms with Crippen molar-refractivity contribution in [2.45, 2.75) is 38.3 Å². The van der Waals surface area contributed by atoms with Crippen LogP contribution in [0.2, 0.25) is 0 Å². The Bertz CT molecular complexity index is 743. The number of fused-ring (bicyclic) bond motifs is 2. The van der Waals surface area contributed by atoms with Gasteiger partial charge in [-0.15, -0.1) is 0 Å². The van der Waals surface area contributed by atoms with Crippen molar-refractivity contribution in [1.29, 1.82) is 0 Å². The largest absolute Gasteiger partial charge is 0.392 e. The molecule has 0 bridgehead atoms. The van der Waals surface area contributed by atoms with Crippen LogP contribution in [0.4, 0.5) is 0 Å². The minimum atomic E-state index is 0.174. The van der Waals surface area contributed by atoms with Gasteiger partial charge in [0.15, 0.2) is 0 Å². The van der Waals surface area contributed by atoms with Crippen molar-refractivity contribution in [2.24, 2.45) is 0 Å². The third-order valence-electron chi connectivity index (χ3n) is 5.32. The molecule has 1 aliphatic heterocycles. The van der Waals surface area contributed by atoms with Crippen molar-refractivity contribution < 1.29 is 5.11 Å². The average molecular weight is 296 g/mol. The summed E-state index contributed by atoms with van der Waals surface area (Å²) in [6.07, 6.45) is 6.96. The summed E-state index contributed by atoms with van der Waals surface area (Å²) in [7, 11) is 2.19. The Labute approximate surface area is 131 Å². The van der Waals surface area contributed by atoms with E-state index in [1.807, 2.05) is 0 Å². The Morgan fingerprint density at radius 1 is 1.32 bits per heavy atom. The van der Waals surface area contributed by atoms with Crippen LogP contribution in [0.3, 0.4) is 0 Å². The van der Waals surface area contributed by atoms with Gasteiger partial charge in [-0.3, -0.25) is 4.90 Å². The van der Waals surface area contributed by atoms with Gasteiger partial charge < -0.3 is 9.67 Å². The normalized spacial score (nSPS) is 24.4. The molecule has 1 aliphatic carbocycles. The number of aliphatic hydroxyl groups is 1. The zero-order chi connectivity index (χ0) is 15.3. The van der Waals surface area contributed by atoms with Gasteiger partial charge in [-0.05, 0) is 42.7 Å². The Morgan fingerprint density at radius 3 is 2.95 bits per heavy atom. The van der Waals surface area contributed by atoms with E-state index in [4.69, 9.17) is 0 Å². The number of aromatic nitrogens is 1. The highest BCUT2D eigenvalue weighted by atomic mass is 16.3. The molecule has 1 N–H and O–H groups in total. The van der Waals surface area contributed by atoms with Crippen LogP contribution < -0.4 is 0 Å². The minimum absolute atomic E-state index is 0.174. The second-order valence-electron chi connectivity index (χ2n) is 6.78. The zero-order valence-corrected chi connectivity index (χ0v) is 13.4. The van der Waals surface area contributed by atoms with E-state index < -0.39 is 0 Å². The summed E-state index contributed by atoms with van der Waals surface area (Å²) in [6.45, 7) is 4.38. The third kappa shape index (κ3) is 1.96. The second-order valence-corrected chi connectivity index (χ2v) is 6.78. The lowest BCUT2D eigenvalue weighted by atomic mass is 9.77. The Morgan fingerprint density at radius 2 is 2.18 bits per heavy atom. The molecule has 2 heterocycles. The van der Waals surface area contributed by atoms with Crippen molar-refractivity contribution in [3.63, 3.8) is 0 Å². The average Bonchev–Trinajstić information content (AvgIpc) is 2.88. The first-order valence-corrected chi connectivity index (χ1v) is 8.34. The predicted octanol–water partition coefficient (Wildman–Crippen LogP) is 2.92. The van der Waals surface area contributed by atoms with Crippen LogP contribution in [-0.2, 0) is 13.0 Å². The molecule has 1 aromatic carbocycles. The number of rotatable bonds is 3. The van der Waals surface area contributed by atoms with E-state index in [0.29, 0.717) is 12.0 Å². The fourth-order valence-electron chi connectivity index (χ4n) is 4.36. The second kappa shape index (κ2) is 5.25. The molecule has 2 aliphatic rings. The van der Waals surface area contributed by atoms with Gasteiger partial charge in [0, 0.05) is 42.1 Å². The molecule has 0 saturated heterocycles. The molecule has 0 unspecified atom stereocenters. The lowest BCUT2D eigenvalue weighted by Gasteiger charge is -2.41. The van der Waals surface area contributed by atoms with Crippen LogP contribution in [0.25, 0.3) is 10.9 Å². The summed E-state index contributed by atoms with van der Waals surface area (Å²) in [6, 6.07) is 7.24. The zero-order valence-electron chi connectivity index (χ0n) is 13.4. The van der Waals surface area contributed by atoms with Gasteiger partial charge in [0.25, 0.3) is 0 Å².